The van der Waals surface area contributed by atoms with E-state index in [4.69, 9.17) is 0 Å². The maximum atomic E-state index is 12.8. The van der Waals surface area contributed by atoms with Crippen LogP contribution in [0.25, 0.3) is 21.1 Å². The quantitative estimate of drug-likeness (QED) is 0.544. The number of rotatable bonds is 4. The molecule has 0 bridgehead atoms. The number of para-hydroxylation sites is 1. The van der Waals surface area contributed by atoms with Gasteiger partial charge < -0.3 is 14.9 Å². The van der Waals surface area contributed by atoms with Gasteiger partial charge in [0.15, 0.2) is 0 Å². The first-order valence-electron chi connectivity index (χ1n) is 9.69. The fraction of sp³-hybridized carbons (Fsp3) is 0.286. The Morgan fingerprint density at radius 3 is 2.83 bits per heavy atom. The van der Waals surface area contributed by atoms with Crippen molar-refractivity contribution in [3.8, 4) is 0 Å². The lowest BCUT2D eigenvalue weighted by molar-refractivity contribution is -0.132. The molecule has 7 nitrogen and oxygen atoms in total. The Labute approximate surface area is 171 Å². The van der Waals surface area contributed by atoms with Crippen molar-refractivity contribution in [3.05, 3.63) is 63.7 Å². The SMILES string of the molecule is O=C(Cc1c[nH]c2ccccc12)N1CCN(Cc2nc3ccsc3c(=O)[nH]2)CC1. The van der Waals surface area contributed by atoms with Gasteiger partial charge in [0.2, 0.25) is 5.91 Å². The Morgan fingerprint density at radius 2 is 1.97 bits per heavy atom. The van der Waals surface area contributed by atoms with Crippen molar-refractivity contribution in [2.75, 3.05) is 26.2 Å². The van der Waals surface area contributed by atoms with Crippen LogP contribution in [0.5, 0.6) is 0 Å². The molecule has 1 aliphatic rings. The van der Waals surface area contributed by atoms with Gasteiger partial charge in [0.1, 0.15) is 10.5 Å². The van der Waals surface area contributed by atoms with Crippen molar-refractivity contribution in [2.45, 2.75) is 13.0 Å². The predicted molar refractivity (Wildman–Crippen MR) is 114 cm³/mol. The summed E-state index contributed by atoms with van der Waals surface area (Å²) in [6.07, 6.45) is 2.34. The van der Waals surface area contributed by atoms with E-state index in [1.165, 1.54) is 11.3 Å². The molecule has 1 aliphatic heterocycles. The average Bonchev–Trinajstić information content (AvgIpc) is 3.36. The summed E-state index contributed by atoms with van der Waals surface area (Å²) in [5.41, 5.74) is 2.77. The molecule has 0 saturated carbocycles. The van der Waals surface area contributed by atoms with Gasteiger partial charge in [-0.2, -0.15) is 0 Å². The first-order chi connectivity index (χ1) is 14.2. The van der Waals surface area contributed by atoms with E-state index in [1.54, 1.807) is 0 Å². The third-order valence-corrected chi connectivity index (χ3v) is 6.38. The molecular weight excluding hydrogens is 386 g/mol. The minimum Gasteiger partial charge on any atom is -0.361 e. The van der Waals surface area contributed by atoms with E-state index >= 15 is 0 Å². The summed E-state index contributed by atoms with van der Waals surface area (Å²) in [6, 6.07) is 9.93. The van der Waals surface area contributed by atoms with Crippen LogP contribution in [0.2, 0.25) is 0 Å². The standard InChI is InChI=1S/C21H21N5O2S/c27-19(11-14-12-22-16-4-2-1-3-15(14)16)26-8-6-25(7-9-26)13-18-23-17-5-10-29-20(17)21(28)24-18/h1-5,10,12,22H,6-9,11,13H2,(H,23,24,28). The van der Waals surface area contributed by atoms with Gasteiger partial charge in [-0.15, -0.1) is 11.3 Å². The number of hydrogen-bond donors (Lipinski definition) is 2. The number of benzene rings is 1. The Hall–Kier alpha value is -2.97. The second-order valence-corrected chi connectivity index (χ2v) is 8.26. The van der Waals surface area contributed by atoms with Crippen molar-refractivity contribution in [3.63, 3.8) is 0 Å². The van der Waals surface area contributed by atoms with Crippen LogP contribution in [0.3, 0.4) is 0 Å². The molecule has 5 rings (SSSR count). The number of nitrogens with zero attached hydrogens (tertiary/aromatic N) is 3. The first-order valence-corrected chi connectivity index (χ1v) is 10.6. The minimum atomic E-state index is -0.0763. The number of fused-ring (bicyclic) bond motifs is 2. The Morgan fingerprint density at radius 1 is 1.14 bits per heavy atom. The molecule has 3 aromatic heterocycles. The second-order valence-electron chi connectivity index (χ2n) is 7.34. The van der Waals surface area contributed by atoms with Gasteiger partial charge >= 0.3 is 0 Å². The number of nitrogens with one attached hydrogen (secondary N) is 2. The summed E-state index contributed by atoms with van der Waals surface area (Å²) in [4.78, 5) is 39.7. The van der Waals surface area contributed by atoms with E-state index in [2.05, 4.69) is 19.9 Å². The Balaban J connectivity index is 1.20. The number of amides is 1. The predicted octanol–water partition coefficient (Wildman–Crippen LogP) is 2.35. The molecule has 0 atom stereocenters. The highest BCUT2D eigenvalue weighted by molar-refractivity contribution is 7.17. The number of thiophene rings is 1. The maximum Gasteiger partial charge on any atom is 0.268 e. The monoisotopic (exact) mass is 407 g/mol. The third-order valence-electron chi connectivity index (χ3n) is 5.48. The van der Waals surface area contributed by atoms with E-state index in [0.29, 0.717) is 36.6 Å². The molecule has 0 radical (unpaired) electrons. The zero-order chi connectivity index (χ0) is 19.8. The zero-order valence-electron chi connectivity index (χ0n) is 15.9. The molecule has 2 N–H and O–H groups in total. The lowest BCUT2D eigenvalue weighted by Gasteiger charge is -2.34. The van der Waals surface area contributed by atoms with Crippen molar-refractivity contribution in [1.29, 1.82) is 0 Å². The van der Waals surface area contributed by atoms with Gasteiger partial charge in [-0.05, 0) is 23.1 Å². The number of aromatic amines is 2. The summed E-state index contributed by atoms with van der Waals surface area (Å²) < 4.78 is 0.668. The highest BCUT2D eigenvalue weighted by Gasteiger charge is 2.22. The molecule has 1 amide bonds. The van der Waals surface area contributed by atoms with Crippen molar-refractivity contribution in [2.24, 2.45) is 0 Å². The summed E-state index contributed by atoms with van der Waals surface area (Å²) in [5.74, 6) is 0.833. The van der Waals surface area contributed by atoms with Gasteiger partial charge in [0.05, 0.1) is 18.5 Å². The topological polar surface area (TPSA) is 85.1 Å². The third kappa shape index (κ3) is 3.56. The summed E-state index contributed by atoms with van der Waals surface area (Å²) in [6.45, 7) is 3.50. The molecule has 1 aromatic carbocycles. The number of aromatic nitrogens is 3. The van der Waals surface area contributed by atoms with Gasteiger partial charge in [0, 0.05) is 43.3 Å². The summed E-state index contributed by atoms with van der Waals surface area (Å²) in [5, 5.41) is 2.99. The lowest BCUT2D eigenvalue weighted by atomic mass is 10.1. The largest absolute Gasteiger partial charge is 0.361 e. The van der Waals surface area contributed by atoms with Crippen LogP contribution in [-0.4, -0.2) is 56.8 Å². The molecule has 0 unspecified atom stereocenters. The summed E-state index contributed by atoms with van der Waals surface area (Å²) in [7, 11) is 0. The van der Waals surface area contributed by atoms with Crippen LogP contribution in [0, 0.1) is 0 Å². The van der Waals surface area contributed by atoms with Crippen molar-refractivity contribution in [1.82, 2.24) is 24.8 Å². The van der Waals surface area contributed by atoms with Crippen molar-refractivity contribution >= 4 is 38.4 Å². The molecule has 29 heavy (non-hydrogen) atoms. The zero-order valence-corrected chi connectivity index (χ0v) is 16.7. The number of H-pyrrole nitrogens is 2. The van der Waals surface area contributed by atoms with E-state index < -0.39 is 0 Å². The molecule has 0 spiro atoms. The average molecular weight is 407 g/mol. The van der Waals surface area contributed by atoms with E-state index in [0.717, 1.165) is 35.1 Å². The van der Waals surface area contributed by atoms with Gasteiger partial charge in [-0.1, -0.05) is 18.2 Å². The van der Waals surface area contributed by atoms with Gasteiger partial charge in [-0.3, -0.25) is 14.5 Å². The second kappa shape index (κ2) is 7.46. The minimum absolute atomic E-state index is 0.0763. The van der Waals surface area contributed by atoms with Crippen LogP contribution >= 0.6 is 11.3 Å². The van der Waals surface area contributed by atoms with Crippen LogP contribution in [0.4, 0.5) is 0 Å². The molecule has 1 fully saturated rings. The summed E-state index contributed by atoms with van der Waals surface area (Å²) >= 11 is 1.41. The highest BCUT2D eigenvalue weighted by atomic mass is 32.1. The van der Waals surface area contributed by atoms with Gasteiger partial charge in [0.25, 0.3) is 5.56 Å². The van der Waals surface area contributed by atoms with Gasteiger partial charge in [-0.25, -0.2) is 4.98 Å². The number of carbonyl (C=O) groups excluding carboxylic acids is 1. The Kier molecular flexibility index (Phi) is 4.65. The van der Waals surface area contributed by atoms with E-state index in [-0.39, 0.29) is 11.5 Å². The van der Waals surface area contributed by atoms with Crippen LogP contribution in [0.15, 0.2) is 46.7 Å². The van der Waals surface area contributed by atoms with E-state index in [9.17, 15) is 9.59 Å². The number of piperazine rings is 1. The number of hydrogen-bond acceptors (Lipinski definition) is 5. The maximum absolute atomic E-state index is 12.8. The smallest absolute Gasteiger partial charge is 0.268 e. The molecule has 148 valence electrons. The van der Waals surface area contributed by atoms with Crippen LogP contribution in [-0.2, 0) is 17.8 Å². The molecule has 8 heteroatoms. The fourth-order valence-corrected chi connectivity index (χ4v) is 4.64. The lowest BCUT2D eigenvalue weighted by Crippen LogP contribution is -2.49. The van der Waals surface area contributed by atoms with E-state index in [1.807, 2.05) is 46.8 Å². The van der Waals surface area contributed by atoms with Crippen molar-refractivity contribution < 1.29 is 4.79 Å². The fourth-order valence-electron chi connectivity index (χ4n) is 3.92. The highest BCUT2D eigenvalue weighted by Crippen LogP contribution is 2.19. The van der Waals surface area contributed by atoms with Crippen LogP contribution in [0.1, 0.15) is 11.4 Å². The molecule has 4 aromatic rings. The molecular formula is C21H21N5O2S. The molecule has 4 heterocycles. The first kappa shape index (κ1) is 18.1. The molecule has 1 saturated heterocycles. The molecule has 0 aliphatic carbocycles. The number of carbonyl (C=O) groups is 1. The van der Waals surface area contributed by atoms with Crippen LogP contribution < -0.4 is 5.56 Å². The Bertz CT molecular complexity index is 1230. The normalized spacial score (nSPS) is 15.4.